The van der Waals surface area contributed by atoms with Crippen molar-refractivity contribution >= 4 is 22.7 Å². The largest absolute Gasteiger partial charge is 0.481 e. The summed E-state index contributed by atoms with van der Waals surface area (Å²) in [6.45, 7) is 1.91. The van der Waals surface area contributed by atoms with E-state index in [0.29, 0.717) is 22.0 Å². The Balaban J connectivity index is 1.94. The van der Waals surface area contributed by atoms with E-state index in [0.717, 1.165) is 5.56 Å². The van der Waals surface area contributed by atoms with Crippen LogP contribution in [-0.2, 0) is 4.79 Å². The van der Waals surface area contributed by atoms with Crippen molar-refractivity contribution in [1.29, 1.82) is 0 Å². The molecule has 24 heavy (non-hydrogen) atoms. The molecule has 0 aliphatic heterocycles. The predicted octanol–water partition coefficient (Wildman–Crippen LogP) is 4.06. The summed E-state index contributed by atoms with van der Waals surface area (Å²) in [5, 5.41) is 10.0. The molecule has 0 aliphatic rings. The Morgan fingerprint density at radius 3 is 2.54 bits per heavy atom. The van der Waals surface area contributed by atoms with Crippen molar-refractivity contribution in [2.24, 2.45) is 0 Å². The zero-order chi connectivity index (χ0) is 17.3. The molecule has 4 nitrogen and oxygen atoms in total. The van der Waals surface area contributed by atoms with Gasteiger partial charge in [0.15, 0.2) is 5.78 Å². The number of Topliss-reactive ketones (excluding diaryl/α,β-unsaturated/α-hetero) is 1. The first-order valence-corrected chi connectivity index (χ1v) is 7.55. The van der Waals surface area contributed by atoms with E-state index in [4.69, 9.17) is 0 Å². The van der Waals surface area contributed by atoms with Crippen molar-refractivity contribution in [3.05, 3.63) is 71.2 Å². The molecule has 0 saturated heterocycles. The van der Waals surface area contributed by atoms with Crippen LogP contribution >= 0.6 is 0 Å². The number of nitrogens with one attached hydrogen (secondary N) is 1. The van der Waals surface area contributed by atoms with Crippen molar-refractivity contribution in [2.75, 3.05) is 0 Å². The van der Waals surface area contributed by atoms with Gasteiger partial charge in [0.1, 0.15) is 5.82 Å². The van der Waals surface area contributed by atoms with Crippen LogP contribution in [0.2, 0.25) is 0 Å². The first-order chi connectivity index (χ1) is 11.5. The van der Waals surface area contributed by atoms with E-state index in [1.807, 2.05) is 19.1 Å². The molecule has 1 unspecified atom stereocenters. The van der Waals surface area contributed by atoms with Crippen LogP contribution in [0.1, 0.15) is 33.8 Å². The molecule has 0 fully saturated rings. The van der Waals surface area contributed by atoms with Gasteiger partial charge >= 0.3 is 5.97 Å². The van der Waals surface area contributed by atoms with Crippen LogP contribution in [0.5, 0.6) is 0 Å². The standard InChI is InChI=1S/C19H16FNO3/c1-11-2-4-12(5-3-11)18(22)9-15(19(23)24)16-10-21-17-7-6-13(20)8-14(16)17/h2-8,10,15,21H,9H2,1H3,(H,23,24). The quantitative estimate of drug-likeness (QED) is 0.695. The highest BCUT2D eigenvalue weighted by molar-refractivity contribution is 6.00. The number of ketones is 1. The number of H-pyrrole nitrogens is 1. The first-order valence-electron chi connectivity index (χ1n) is 7.55. The van der Waals surface area contributed by atoms with Crippen molar-refractivity contribution in [3.8, 4) is 0 Å². The van der Waals surface area contributed by atoms with Crippen LogP contribution in [-0.4, -0.2) is 21.8 Å². The minimum Gasteiger partial charge on any atom is -0.481 e. The fourth-order valence-electron chi connectivity index (χ4n) is 2.78. The third kappa shape index (κ3) is 3.06. The average molecular weight is 325 g/mol. The number of aromatic nitrogens is 1. The van der Waals surface area contributed by atoms with Gasteiger partial charge in [0.2, 0.25) is 0 Å². The Labute approximate surface area is 137 Å². The SMILES string of the molecule is Cc1ccc(C(=O)CC(C(=O)O)c2c[nH]c3ccc(F)cc23)cc1. The summed E-state index contributed by atoms with van der Waals surface area (Å²) in [5.41, 5.74) is 2.55. The lowest BCUT2D eigenvalue weighted by molar-refractivity contribution is -0.138. The van der Waals surface area contributed by atoms with E-state index in [2.05, 4.69) is 4.98 Å². The van der Waals surface area contributed by atoms with Gasteiger partial charge in [-0.2, -0.15) is 0 Å². The number of benzene rings is 2. The molecule has 122 valence electrons. The number of rotatable bonds is 5. The molecule has 2 N–H and O–H groups in total. The Kier molecular flexibility index (Phi) is 4.16. The lowest BCUT2D eigenvalue weighted by Gasteiger charge is -2.11. The van der Waals surface area contributed by atoms with E-state index in [1.165, 1.54) is 18.3 Å². The van der Waals surface area contributed by atoms with Gasteiger partial charge in [-0.05, 0) is 30.7 Å². The summed E-state index contributed by atoms with van der Waals surface area (Å²) in [6.07, 6.45) is 1.35. The Morgan fingerprint density at radius 1 is 1.17 bits per heavy atom. The lowest BCUT2D eigenvalue weighted by Crippen LogP contribution is -2.16. The predicted molar refractivity (Wildman–Crippen MR) is 88.8 cm³/mol. The smallest absolute Gasteiger partial charge is 0.311 e. The first kappa shape index (κ1) is 15.9. The van der Waals surface area contributed by atoms with E-state index in [9.17, 15) is 19.1 Å². The maximum atomic E-state index is 13.5. The highest BCUT2D eigenvalue weighted by Gasteiger charge is 2.26. The fraction of sp³-hybridized carbons (Fsp3) is 0.158. The van der Waals surface area contributed by atoms with Crippen LogP contribution in [0.4, 0.5) is 4.39 Å². The molecule has 3 aromatic rings. The highest BCUT2D eigenvalue weighted by atomic mass is 19.1. The van der Waals surface area contributed by atoms with E-state index in [-0.39, 0.29) is 12.2 Å². The third-order valence-electron chi connectivity index (χ3n) is 4.11. The van der Waals surface area contributed by atoms with E-state index in [1.54, 1.807) is 18.2 Å². The molecule has 5 heteroatoms. The number of hydrogen-bond donors (Lipinski definition) is 2. The molecule has 0 spiro atoms. The summed E-state index contributed by atoms with van der Waals surface area (Å²) >= 11 is 0. The molecule has 0 amide bonds. The second-order valence-electron chi connectivity index (χ2n) is 5.82. The maximum Gasteiger partial charge on any atom is 0.311 e. The Hall–Kier alpha value is -2.95. The van der Waals surface area contributed by atoms with Gasteiger partial charge < -0.3 is 10.1 Å². The zero-order valence-corrected chi connectivity index (χ0v) is 13.0. The van der Waals surface area contributed by atoms with Gasteiger partial charge in [-0.15, -0.1) is 0 Å². The minimum atomic E-state index is -1.11. The van der Waals surface area contributed by atoms with Crippen molar-refractivity contribution < 1.29 is 19.1 Å². The molecule has 2 aromatic carbocycles. The molecule has 0 radical (unpaired) electrons. The van der Waals surface area contributed by atoms with Crippen LogP contribution in [0.15, 0.2) is 48.7 Å². The molecule has 3 rings (SSSR count). The third-order valence-corrected chi connectivity index (χ3v) is 4.11. The number of halogens is 1. The fourth-order valence-corrected chi connectivity index (χ4v) is 2.78. The molecular weight excluding hydrogens is 309 g/mol. The minimum absolute atomic E-state index is 0.179. The summed E-state index contributed by atoms with van der Waals surface area (Å²) in [7, 11) is 0. The molecule has 0 aliphatic carbocycles. The zero-order valence-electron chi connectivity index (χ0n) is 13.0. The molecule has 0 bridgehead atoms. The van der Waals surface area contributed by atoms with E-state index >= 15 is 0 Å². The molecular formula is C19H16FNO3. The van der Waals surface area contributed by atoms with Crippen molar-refractivity contribution in [3.63, 3.8) is 0 Å². The lowest BCUT2D eigenvalue weighted by atomic mass is 9.91. The van der Waals surface area contributed by atoms with Gasteiger partial charge in [-0.3, -0.25) is 9.59 Å². The Morgan fingerprint density at radius 2 is 1.88 bits per heavy atom. The second-order valence-corrected chi connectivity index (χ2v) is 5.82. The van der Waals surface area contributed by atoms with E-state index < -0.39 is 17.7 Å². The number of aryl methyl sites for hydroxylation is 1. The Bertz CT molecular complexity index is 912. The number of aromatic amines is 1. The summed E-state index contributed by atoms with van der Waals surface area (Å²) in [5.74, 6) is -2.85. The van der Waals surface area contributed by atoms with Crippen molar-refractivity contribution in [2.45, 2.75) is 19.3 Å². The van der Waals surface area contributed by atoms with Crippen LogP contribution in [0.3, 0.4) is 0 Å². The molecule has 1 atom stereocenters. The molecule has 1 heterocycles. The van der Waals surface area contributed by atoms with Gasteiger partial charge in [0, 0.05) is 29.1 Å². The maximum absolute atomic E-state index is 13.5. The van der Waals surface area contributed by atoms with Gasteiger partial charge in [-0.1, -0.05) is 29.8 Å². The average Bonchev–Trinajstić information content (AvgIpc) is 2.95. The topological polar surface area (TPSA) is 70.2 Å². The summed E-state index contributed by atoms with van der Waals surface area (Å²) < 4.78 is 13.5. The van der Waals surface area contributed by atoms with Gasteiger partial charge in [0.25, 0.3) is 0 Å². The van der Waals surface area contributed by atoms with Crippen LogP contribution < -0.4 is 0 Å². The van der Waals surface area contributed by atoms with Gasteiger partial charge in [0.05, 0.1) is 5.92 Å². The van der Waals surface area contributed by atoms with Crippen LogP contribution in [0, 0.1) is 12.7 Å². The monoisotopic (exact) mass is 325 g/mol. The number of carbonyl (C=O) groups excluding carboxylic acids is 1. The van der Waals surface area contributed by atoms with Gasteiger partial charge in [-0.25, -0.2) is 4.39 Å². The molecule has 1 aromatic heterocycles. The van der Waals surface area contributed by atoms with Crippen LogP contribution in [0.25, 0.3) is 10.9 Å². The highest BCUT2D eigenvalue weighted by Crippen LogP contribution is 2.30. The van der Waals surface area contributed by atoms with Crippen molar-refractivity contribution in [1.82, 2.24) is 4.98 Å². The number of carbonyl (C=O) groups is 2. The summed E-state index contributed by atoms with van der Waals surface area (Å²) in [6, 6.07) is 11.1. The second kappa shape index (κ2) is 6.28. The number of carboxylic acids is 1. The number of fused-ring (bicyclic) bond motifs is 1. The summed E-state index contributed by atoms with van der Waals surface area (Å²) in [4.78, 5) is 27.0. The molecule has 0 saturated carbocycles. The number of aliphatic carboxylic acids is 1. The normalized spacial score (nSPS) is 12.2. The number of hydrogen-bond acceptors (Lipinski definition) is 2. The number of carboxylic acid groups (broad SMARTS) is 1.